The number of thioether (sulfide) groups is 1. The Morgan fingerprint density at radius 3 is 2.79 bits per heavy atom. The van der Waals surface area contributed by atoms with Crippen molar-refractivity contribution in [3.05, 3.63) is 54.1 Å². The number of Topliss-reactive ketones (excluding diaryl/α,β-unsaturated/α-hetero) is 1. The summed E-state index contributed by atoms with van der Waals surface area (Å²) < 4.78 is 8.80. The molecular weight excluding hydrogens is 394 g/mol. The van der Waals surface area contributed by atoms with Crippen molar-refractivity contribution in [3.63, 3.8) is 0 Å². The van der Waals surface area contributed by atoms with Gasteiger partial charge in [0.1, 0.15) is 12.4 Å². The number of ketones is 1. The second-order valence-corrected chi connectivity index (χ2v) is 8.24. The lowest BCUT2D eigenvalue weighted by Gasteiger charge is -2.12. The second kappa shape index (κ2) is 8.30. The molecule has 2 heterocycles. The van der Waals surface area contributed by atoms with Crippen LogP contribution in [0.3, 0.4) is 0 Å². The smallest absolute Gasteiger partial charge is 0.217 e. The normalized spacial score (nSPS) is 12.5. The van der Waals surface area contributed by atoms with Gasteiger partial charge in [-0.05, 0) is 36.4 Å². The van der Waals surface area contributed by atoms with Gasteiger partial charge < -0.3 is 9.84 Å². The molecule has 1 atom stereocenters. The maximum absolute atomic E-state index is 11.6. The van der Waals surface area contributed by atoms with E-state index in [9.17, 15) is 9.90 Å². The number of para-hydroxylation sites is 1. The lowest BCUT2D eigenvalue weighted by Crippen LogP contribution is -2.20. The molecule has 0 saturated heterocycles. The summed E-state index contributed by atoms with van der Waals surface area (Å²) in [4.78, 5) is 12.5. The van der Waals surface area contributed by atoms with Crippen molar-refractivity contribution >= 4 is 44.1 Å². The van der Waals surface area contributed by atoms with E-state index in [1.165, 1.54) is 11.8 Å². The number of thiazole rings is 1. The lowest BCUT2D eigenvalue weighted by molar-refractivity contribution is 0.0987. The van der Waals surface area contributed by atoms with Crippen molar-refractivity contribution in [2.45, 2.75) is 24.6 Å². The molecule has 0 spiro atoms. The number of aliphatic hydroxyl groups excluding tert-OH is 1. The molecule has 0 unspecified atom stereocenters. The van der Waals surface area contributed by atoms with Crippen LogP contribution >= 0.6 is 23.1 Å². The van der Waals surface area contributed by atoms with Gasteiger partial charge in [-0.1, -0.05) is 42.2 Å². The van der Waals surface area contributed by atoms with Crippen molar-refractivity contribution in [1.29, 1.82) is 0 Å². The first-order chi connectivity index (χ1) is 13.7. The molecule has 4 rings (SSSR count). The average molecular weight is 414 g/mol. The minimum Gasteiger partial charge on any atom is -0.491 e. The molecule has 28 heavy (non-hydrogen) atoms. The number of aromatic nitrogens is 3. The zero-order valence-electron chi connectivity index (χ0n) is 15.2. The summed E-state index contributed by atoms with van der Waals surface area (Å²) in [5, 5.41) is 19.5. The Morgan fingerprint density at radius 2 is 2.00 bits per heavy atom. The standard InChI is InChI=1S/C20H19N3O3S2/c1-2-17(25)13-7-9-15(10-8-13)26-11-14(24)12-27-19-21-22-20-23(19)16-5-3-4-6-18(16)28-20/h3-10,14,24H,2,11-12H2,1H3/t14-/m0/s1. The fourth-order valence-electron chi connectivity index (χ4n) is 2.80. The highest BCUT2D eigenvalue weighted by molar-refractivity contribution is 7.99. The number of benzene rings is 2. The van der Waals surface area contributed by atoms with Crippen molar-refractivity contribution in [1.82, 2.24) is 14.6 Å². The summed E-state index contributed by atoms with van der Waals surface area (Å²) in [6, 6.07) is 15.1. The molecule has 2 aromatic carbocycles. The highest BCUT2D eigenvalue weighted by Gasteiger charge is 2.15. The number of aliphatic hydroxyl groups is 1. The first-order valence-electron chi connectivity index (χ1n) is 8.95. The van der Waals surface area contributed by atoms with Gasteiger partial charge in [0.25, 0.3) is 0 Å². The number of carbonyl (C=O) groups excluding carboxylic acids is 1. The van der Waals surface area contributed by atoms with E-state index >= 15 is 0 Å². The maximum atomic E-state index is 11.6. The van der Waals surface area contributed by atoms with Gasteiger partial charge in [-0.2, -0.15) is 0 Å². The number of ether oxygens (including phenoxy) is 1. The zero-order valence-corrected chi connectivity index (χ0v) is 16.9. The van der Waals surface area contributed by atoms with E-state index < -0.39 is 6.10 Å². The molecule has 144 valence electrons. The summed E-state index contributed by atoms with van der Waals surface area (Å²) in [5.74, 6) is 1.17. The molecule has 0 amide bonds. The maximum Gasteiger partial charge on any atom is 0.217 e. The molecule has 0 aliphatic rings. The van der Waals surface area contributed by atoms with E-state index in [1.54, 1.807) is 35.6 Å². The number of nitrogens with zero attached hydrogens (tertiary/aromatic N) is 3. The number of hydrogen-bond donors (Lipinski definition) is 1. The molecule has 0 aliphatic carbocycles. The number of hydrogen-bond acceptors (Lipinski definition) is 7. The van der Waals surface area contributed by atoms with Crippen molar-refractivity contribution < 1.29 is 14.6 Å². The van der Waals surface area contributed by atoms with Crippen molar-refractivity contribution in [3.8, 4) is 5.75 Å². The minimum atomic E-state index is -0.654. The molecule has 2 aromatic heterocycles. The second-order valence-electron chi connectivity index (χ2n) is 6.25. The number of fused-ring (bicyclic) bond motifs is 3. The quantitative estimate of drug-likeness (QED) is 0.347. The minimum absolute atomic E-state index is 0.101. The Hall–Kier alpha value is -2.42. The van der Waals surface area contributed by atoms with Crippen LogP contribution in [0.15, 0.2) is 53.7 Å². The summed E-state index contributed by atoms with van der Waals surface area (Å²) in [6.45, 7) is 2.00. The molecule has 0 bridgehead atoms. The zero-order chi connectivity index (χ0) is 19.5. The Labute approximate surface area is 170 Å². The average Bonchev–Trinajstić information content (AvgIpc) is 3.29. The number of rotatable bonds is 8. The molecule has 8 heteroatoms. The topological polar surface area (TPSA) is 76.7 Å². The Bertz CT molecular complexity index is 1100. The van der Waals surface area contributed by atoms with Gasteiger partial charge in [0.15, 0.2) is 10.9 Å². The van der Waals surface area contributed by atoms with Gasteiger partial charge in [0.2, 0.25) is 4.96 Å². The van der Waals surface area contributed by atoms with Crippen LogP contribution in [0, 0.1) is 0 Å². The fraction of sp³-hybridized carbons (Fsp3) is 0.250. The summed E-state index contributed by atoms with van der Waals surface area (Å²) in [5.41, 5.74) is 1.74. The summed E-state index contributed by atoms with van der Waals surface area (Å²) in [6.07, 6.45) is -0.176. The molecule has 4 aromatic rings. The first-order valence-corrected chi connectivity index (χ1v) is 10.8. The molecule has 0 saturated carbocycles. The van der Waals surface area contributed by atoms with Crippen LogP contribution in [0.25, 0.3) is 15.2 Å². The molecule has 6 nitrogen and oxygen atoms in total. The van der Waals surface area contributed by atoms with E-state index in [0.29, 0.717) is 23.5 Å². The van der Waals surface area contributed by atoms with Gasteiger partial charge in [-0.15, -0.1) is 10.2 Å². The van der Waals surface area contributed by atoms with Gasteiger partial charge in [-0.25, -0.2) is 0 Å². The van der Waals surface area contributed by atoms with E-state index in [0.717, 1.165) is 20.3 Å². The van der Waals surface area contributed by atoms with Crippen molar-refractivity contribution in [2.75, 3.05) is 12.4 Å². The Balaban J connectivity index is 1.35. The fourth-order valence-corrected chi connectivity index (χ4v) is 4.67. The predicted molar refractivity (Wildman–Crippen MR) is 112 cm³/mol. The monoisotopic (exact) mass is 413 g/mol. The third kappa shape index (κ3) is 3.89. The molecule has 0 radical (unpaired) electrons. The molecular formula is C20H19N3O3S2. The number of carbonyl (C=O) groups is 1. The highest BCUT2D eigenvalue weighted by Crippen LogP contribution is 2.29. The summed E-state index contributed by atoms with van der Waals surface area (Å²) >= 11 is 3.04. The lowest BCUT2D eigenvalue weighted by atomic mass is 10.1. The van der Waals surface area contributed by atoms with E-state index in [2.05, 4.69) is 16.3 Å². The highest BCUT2D eigenvalue weighted by atomic mass is 32.2. The van der Waals surface area contributed by atoms with Gasteiger partial charge in [0.05, 0.1) is 16.3 Å². The van der Waals surface area contributed by atoms with E-state index in [1.807, 2.05) is 29.5 Å². The van der Waals surface area contributed by atoms with Crippen LogP contribution in [-0.4, -0.2) is 44.0 Å². The molecule has 0 aliphatic heterocycles. The van der Waals surface area contributed by atoms with Crippen LogP contribution in [0.4, 0.5) is 0 Å². The predicted octanol–water partition coefficient (Wildman–Crippen LogP) is 4.07. The first kappa shape index (κ1) is 18.9. The molecule has 1 N–H and O–H groups in total. The summed E-state index contributed by atoms with van der Waals surface area (Å²) in [7, 11) is 0. The largest absolute Gasteiger partial charge is 0.491 e. The Morgan fingerprint density at radius 1 is 1.21 bits per heavy atom. The van der Waals surface area contributed by atoms with Crippen molar-refractivity contribution in [2.24, 2.45) is 0 Å². The van der Waals surface area contributed by atoms with Crippen LogP contribution < -0.4 is 4.74 Å². The van der Waals surface area contributed by atoms with E-state index in [-0.39, 0.29) is 12.4 Å². The van der Waals surface area contributed by atoms with Gasteiger partial charge in [-0.3, -0.25) is 9.20 Å². The third-order valence-electron chi connectivity index (χ3n) is 4.26. The Kier molecular flexibility index (Phi) is 5.61. The van der Waals surface area contributed by atoms with Gasteiger partial charge in [0, 0.05) is 17.7 Å². The molecule has 0 fully saturated rings. The van der Waals surface area contributed by atoms with Crippen LogP contribution in [-0.2, 0) is 0 Å². The van der Waals surface area contributed by atoms with E-state index in [4.69, 9.17) is 4.74 Å². The van der Waals surface area contributed by atoms with Crippen LogP contribution in [0.5, 0.6) is 5.75 Å². The van der Waals surface area contributed by atoms with Crippen LogP contribution in [0.1, 0.15) is 23.7 Å². The SMILES string of the molecule is CCC(=O)c1ccc(OC[C@H](O)CSc2nnc3sc4ccccc4n23)cc1. The van der Waals surface area contributed by atoms with Gasteiger partial charge >= 0.3 is 0 Å². The van der Waals surface area contributed by atoms with Crippen LogP contribution in [0.2, 0.25) is 0 Å². The third-order valence-corrected chi connectivity index (χ3v) is 6.34.